The van der Waals surface area contributed by atoms with Crippen LogP contribution in [0.25, 0.3) is 0 Å². The van der Waals surface area contributed by atoms with Crippen molar-refractivity contribution < 1.29 is 0 Å². The molecule has 18 heavy (non-hydrogen) atoms. The van der Waals surface area contributed by atoms with Crippen LogP contribution in [0.1, 0.15) is 51.1 Å². The van der Waals surface area contributed by atoms with Crippen LogP contribution < -0.4 is 11.1 Å². The molecule has 5 heteroatoms. The highest BCUT2D eigenvalue weighted by Crippen LogP contribution is 2.06. The van der Waals surface area contributed by atoms with E-state index in [-0.39, 0.29) is 0 Å². The molecule has 0 bridgehead atoms. The van der Waals surface area contributed by atoms with Gasteiger partial charge < -0.3 is 11.1 Å². The Morgan fingerprint density at radius 1 is 1.28 bits per heavy atom. The highest BCUT2D eigenvalue weighted by atomic mass is 32.1. The van der Waals surface area contributed by atoms with Gasteiger partial charge in [0.1, 0.15) is 10.7 Å². The van der Waals surface area contributed by atoms with E-state index in [0.717, 1.165) is 13.0 Å². The van der Waals surface area contributed by atoms with E-state index in [1.807, 2.05) is 0 Å². The van der Waals surface area contributed by atoms with E-state index in [2.05, 4.69) is 22.2 Å². The van der Waals surface area contributed by atoms with Crippen LogP contribution >= 0.6 is 12.2 Å². The van der Waals surface area contributed by atoms with E-state index in [4.69, 9.17) is 18.0 Å². The van der Waals surface area contributed by atoms with Gasteiger partial charge in [0.15, 0.2) is 0 Å². The Kier molecular flexibility index (Phi) is 7.25. The van der Waals surface area contributed by atoms with Crippen LogP contribution in [0.5, 0.6) is 0 Å². The molecule has 3 N–H and O–H groups in total. The molecule has 0 aliphatic heterocycles. The normalized spacial score (nSPS) is 10.3. The van der Waals surface area contributed by atoms with E-state index in [1.165, 1.54) is 32.1 Å². The number of nitrogens with one attached hydrogen (secondary N) is 1. The molecule has 4 nitrogen and oxygen atoms in total. The minimum absolute atomic E-state index is 0.306. The summed E-state index contributed by atoms with van der Waals surface area (Å²) in [6.45, 7) is 3.13. The summed E-state index contributed by atoms with van der Waals surface area (Å²) >= 11 is 4.88. The number of hydrogen-bond donors (Lipinski definition) is 2. The second-order valence-corrected chi connectivity index (χ2v) is 4.76. The van der Waals surface area contributed by atoms with Crippen molar-refractivity contribution in [1.82, 2.24) is 9.97 Å². The van der Waals surface area contributed by atoms with Gasteiger partial charge in [-0.05, 0) is 12.5 Å². The third-order valence-electron chi connectivity index (χ3n) is 2.72. The predicted molar refractivity (Wildman–Crippen MR) is 79.8 cm³/mol. The molecule has 1 rings (SSSR count). The Hall–Kier alpha value is -1.23. The molecule has 0 aliphatic rings. The van der Waals surface area contributed by atoms with Gasteiger partial charge in [0.25, 0.3) is 0 Å². The van der Waals surface area contributed by atoms with Gasteiger partial charge in [-0.25, -0.2) is 9.97 Å². The Morgan fingerprint density at radius 2 is 2.00 bits per heavy atom. The fourth-order valence-electron chi connectivity index (χ4n) is 1.69. The lowest BCUT2D eigenvalue weighted by Gasteiger charge is -2.05. The molecule has 0 spiro atoms. The van der Waals surface area contributed by atoms with Crippen LogP contribution in [0.2, 0.25) is 0 Å². The lowest BCUT2D eigenvalue weighted by atomic mass is 10.1. The quantitative estimate of drug-likeness (QED) is 0.531. The van der Waals surface area contributed by atoms with Gasteiger partial charge in [-0.2, -0.15) is 0 Å². The summed E-state index contributed by atoms with van der Waals surface area (Å²) in [6.07, 6.45) is 9.34. The molecule has 0 amide bonds. The minimum atomic E-state index is 0.306. The van der Waals surface area contributed by atoms with E-state index in [1.54, 1.807) is 12.3 Å². The first-order valence-electron chi connectivity index (χ1n) is 6.60. The smallest absolute Gasteiger partial charge is 0.223 e. The Balaban J connectivity index is 2.19. The van der Waals surface area contributed by atoms with Gasteiger partial charge in [0, 0.05) is 12.7 Å². The number of nitrogens with two attached hydrogens (primary N) is 1. The summed E-state index contributed by atoms with van der Waals surface area (Å²) in [7, 11) is 0. The van der Waals surface area contributed by atoms with Crippen molar-refractivity contribution in [3.05, 3.63) is 18.0 Å². The molecule has 0 atom stereocenters. The summed E-state index contributed by atoms with van der Waals surface area (Å²) in [6, 6.07) is 1.72. The van der Waals surface area contributed by atoms with Crippen molar-refractivity contribution in [2.75, 3.05) is 11.9 Å². The highest BCUT2D eigenvalue weighted by molar-refractivity contribution is 7.80. The van der Waals surface area contributed by atoms with Crippen molar-refractivity contribution in [3.8, 4) is 0 Å². The van der Waals surface area contributed by atoms with Gasteiger partial charge in [0.05, 0.1) is 0 Å². The number of aromatic nitrogens is 2. The van der Waals surface area contributed by atoms with Gasteiger partial charge in [-0.3, -0.25) is 0 Å². The van der Waals surface area contributed by atoms with Crippen molar-refractivity contribution in [3.63, 3.8) is 0 Å². The third kappa shape index (κ3) is 5.91. The van der Waals surface area contributed by atoms with Crippen LogP contribution in [0.15, 0.2) is 12.3 Å². The first-order valence-corrected chi connectivity index (χ1v) is 7.01. The average Bonchev–Trinajstić information content (AvgIpc) is 2.38. The molecular weight excluding hydrogens is 244 g/mol. The lowest BCUT2D eigenvalue weighted by Crippen LogP contribution is -2.14. The zero-order chi connectivity index (χ0) is 13.2. The Bertz CT molecular complexity index is 368. The summed E-state index contributed by atoms with van der Waals surface area (Å²) in [5.74, 6) is 0.605. The van der Waals surface area contributed by atoms with Crippen LogP contribution in [0.3, 0.4) is 0 Å². The van der Waals surface area contributed by atoms with Crippen LogP contribution in [0.4, 0.5) is 5.95 Å². The number of hydrogen-bond acceptors (Lipinski definition) is 4. The standard InChI is InChI=1S/C13H22N4S/c1-2-3-4-5-6-7-9-15-13-16-10-8-11(17-13)12(14)18/h8,10H,2-7,9H2,1H3,(H2,14,18)(H,15,16,17). The first-order chi connectivity index (χ1) is 8.74. The first kappa shape index (κ1) is 14.8. The van der Waals surface area contributed by atoms with Crippen molar-refractivity contribution in [2.45, 2.75) is 45.4 Å². The number of unbranched alkanes of at least 4 members (excludes halogenated alkanes) is 5. The number of anilines is 1. The average molecular weight is 266 g/mol. The maximum atomic E-state index is 5.52. The van der Waals surface area contributed by atoms with Crippen molar-refractivity contribution in [1.29, 1.82) is 0 Å². The molecule has 0 saturated carbocycles. The molecule has 1 aromatic rings. The Morgan fingerprint density at radius 3 is 2.72 bits per heavy atom. The zero-order valence-electron chi connectivity index (χ0n) is 11.0. The van der Waals surface area contributed by atoms with Crippen LogP contribution in [-0.4, -0.2) is 21.5 Å². The molecule has 1 heterocycles. The second-order valence-electron chi connectivity index (χ2n) is 4.32. The SMILES string of the molecule is CCCCCCCCNc1nccc(C(N)=S)n1. The van der Waals surface area contributed by atoms with Crippen molar-refractivity contribution >= 4 is 23.2 Å². The molecule has 0 radical (unpaired) electrons. The highest BCUT2D eigenvalue weighted by Gasteiger charge is 2.00. The predicted octanol–water partition coefficient (Wildman–Crippen LogP) is 2.88. The van der Waals surface area contributed by atoms with Crippen molar-refractivity contribution in [2.24, 2.45) is 5.73 Å². The molecule has 0 aromatic carbocycles. The molecule has 1 aromatic heterocycles. The maximum Gasteiger partial charge on any atom is 0.223 e. The topological polar surface area (TPSA) is 63.8 Å². The molecule has 0 unspecified atom stereocenters. The Labute approximate surface area is 114 Å². The molecule has 0 aliphatic carbocycles. The van der Waals surface area contributed by atoms with Gasteiger partial charge in [-0.15, -0.1) is 0 Å². The summed E-state index contributed by atoms with van der Waals surface area (Å²) in [5.41, 5.74) is 6.14. The summed E-state index contributed by atoms with van der Waals surface area (Å²) < 4.78 is 0. The number of rotatable bonds is 9. The van der Waals surface area contributed by atoms with E-state index in [0.29, 0.717) is 16.6 Å². The van der Waals surface area contributed by atoms with Gasteiger partial charge in [-0.1, -0.05) is 51.2 Å². The van der Waals surface area contributed by atoms with Gasteiger partial charge in [0.2, 0.25) is 5.95 Å². The van der Waals surface area contributed by atoms with Crippen LogP contribution in [-0.2, 0) is 0 Å². The van der Waals surface area contributed by atoms with Gasteiger partial charge >= 0.3 is 0 Å². The van der Waals surface area contributed by atoms with E-state index >= 15 is 0 Å². The molecular formula is C13H22N4S. The lowest BCUT2D eigenvalue weighted by molar-refractivity contribution is 0.616. The monoisotopic (exact) mass is 266 g/mol. The number of thiocarbonyl (C=S) groups is 1. The number of nitrogens with zero attached hydrogens (tertiary/aromatic N) is 2. The molecule has 0 saturated heterocycles. The summed E-state index contributed by atoms with van der Waals surface area (Å²) in [4.78, 5) is 8.67. The maximum absolute atomic E-state index is 5.52. The fraction of sp³-hybridized carbons (Fsp3) is 0.615. The molecule has 0 fully saturated rings. The fourth-order valence-corrected chi connectivity index (χ4v) is 1.80. The van der Waals surface area contributed by atoms with E-state index in [9.17, 15) is 0 Å². The molecule has 100 valence electrons. The van der Waals surface area contributed by atoms with E-state index < -0.39 is 0 Å². The minimum Gasteiger partial charge on any atom is -0.388 e. The largest absolute Gasteiger partial charge is 0.388 e. The zero-order valence-corrected chi connectivity index (χ0v) is 11.8. The summed E-state index contributed by atoms with van der Waals surface area (Å²) in [5, 5.41) is 3.19. The second kappa shape index (κ2) is 8.80. The third-order valence-corrected chi connectivity index (χ3v) is 2.93. The van der Waals surface area contributed by atoms with Crippen LogP contribution in [0, 0.1) is 0 Å².